The highest BCUT2D eigenvalue weighted by molar-refractivity contribution is 6.03. The number of amides is 2. The lowest BCUT2D eigenvalue weighted by Gasteiger charge is -2.20. The van der Waals surface area contributed by atoms with Crippen molar-refractivity contribution in [1.29, 1.82) is 0 Å². The molecule has 1 heterocycles. The van der Waals surface area contributed by atoms with E-state index in [1.165, 1.54) is 24.0 Å². The summed E-state index contributed by atoms with van der Waals surface area (Å²) in [6, 6.07) is 13.1. The number of para-hydroxylation sites is 1. The van der Waals surface area contributed by atoms with Crippen molar-refractivity contribution in [3.8, 4) is 0 Å². The van der Waals surface area contributed by atoms with Crippen molar-refractivity contribution in [2.24, 2.45) is 0 Å². The van der Waals surface area contributed by atoms with E-state index in [9.17, 15) is 14.4 Å². The van der Waals surface area contributed by atoms with Gasteiger partial charge in [-0.15, -0.1) is 0 Å². The summed E-state index contributed by atoms with van der Waals surface area (Å²) in [5.41, 5.74) is 4.66. The average Bonchev–Trinajstić information content (AvgIpc) is 3.22. The van der Waals surface area contributed by atoms with Crippen molar-refractivity contribution < 1.29 is 19.1 Å². The molecule has 0 saturated carbocycles. The minimum atomic E-state index is -0.605. The van der Waals surface area contributed by atoms with Crippen molar-refractivity contribution in [1.82, 2.24) is 5.32 Å². The molecule has 2 aromatic rings. The lowest BCUT2D eigenvalue weighted by atomic mass is 9.89. The van der Waals surface area contributed by atoms with Crippen LogP contribution < -0.4 is 10.2 Å². The molecule has 0 radical (unpaired) electrons. The Morgan fingerprint density at radius 2 is 1.81 bits per heavy atom. The van der Waals surface area contributed by atoms with Crippen LogP contribution in [0.1, 0.15) is 65.7 Å². The number of rotatable bonds is 6. The van der Waals surface area contributed by atoms with Crippen LogP contribution in [0, 0.1) is 0 Å². The number of nitrogens with one attached hydrogen (secondary N) is 1. The van der Waals surface area contributed by atoms with Gasteiger partial charge in [-0.3, -0.25) is 9.59 Å². The topological polar surface area (TPSA) is 75.7 Å². The highest BCUT2D eigenvalue weighted by Crippen LogP contribution is 2.26. The number of aryl methyl sites for hydroxylation is 2. The Kier molecular flexibility index (Phi) is 6.35. The van der Waals surface area contributed by atoms with Crippen LogP contribution in [0.4, 0.5) is 5.69 Å². The zero-order valence-electron chi connectivity index (χ0n) is 17.9. The smallest absolute Gasteiger partial charge is 0.340 e. The Labute approximate surface area is 182 Å². The van der Waals surface area contributed by atoms with Crippen LogP contribution in [-0.2, 0) is 27.2 Å². The summed E-state index contributed by atoms with van der Waals surface area (Å²) < 4.78 is 5.26. The number of benzene rings is 2. The maximum absolute atomic E-state index is 12.6. The summed E-state index contributed by atoms with van der Waals surface area (Å²) in [5, 5.41) is 2.91. The second-order valence-corrected chi connectivity index (χ2v) is 8.27. The number of fused-ring (bicyclic) bond motifs is 1. The Bertz CT molecular complexity index is 1000. The van der Waals surface area contributed by atoms with E-state index < -0.39 is 5.97 Å². The SMILES string of the molecule is C[C@H](NC(=O)COC(=O)c1ccccc1N1CCCC1=O)c1ccc2c(c1)CCCC2. The highest BCUT2D eigenvalue weighted by Gasteiger charge is 2.26. The fraction of sp³-hybridized carbons (Fsp3) is 0.400. The van der Waals surface area contributed by atoms with Gasteiger partial charge in [-0.05, 0) is 67.9 Å². The fourth-order valence-corrected chi connectivity index (χ4v) is 4.38. The molecule has 1 saturated heterocycles. The molecule has 2 amide bonds. The molecule has 1 aliphatic heterocycles. The molecule has 0 bridgehead atoms. The molecule has 31 heavy (non-hydrogen) atoms. The zero-order chi connectivity index (χ0) is 21.8. The first-order valence-electron chi connectivity index (χ1n) is 11.0. The van der Waals surface area contributed by atoms with Crippen molar-refractivity contribution in [3.63, 3.8) is 0 Å². The quantitative estimate of drug-likeness (QED) is 0.723. The van der Waals surface area contributed by atoms with Gasteiger partial charge in [0.1, 0.15) is 0 Å². The number of ether oxygens (including phenoxy) is 1. The summed E-state index contributed by atoms with van der Waals surface area (Å²) >= 11 is 0. The van der Waals surface area contributed by atoms with Crippen LogP contribution in [0.2, 0.25) is 0 Å². The third kappa shape index (κ3) is 4.79. The van der Waals surface area contributed by atoms with Gasteiger partial charge >= 0.3 is 5.97 Å². The number of hydrogen-bond donors (Lipinski definition) is 1. The second kappa shape index (κ2) is 9.33. The standard InChI is InChI=1S/C25H28N2O4/c1-17(19-13-12-18-7-2-3-8-20(18)15-19)26-23(28)16-31-25(30)21-9-4-5-10-22(21)27-14-6-11-24(27)29/h4-5,9-10,12-13,15,17H,2-3,6-8,11,14,16H2,1H3,(H,26,28)/t17-/m0/s1. The molecule has 0 aromatic heterocycles. The van der Waals surface area contributed by atoms with E-state index in [0.717, 1.165) is 24.8 Å². The Morgan fingerprint density at radius 1 is 1.03 bits per heavy atom. The molecule has 1 fully saturated rings. The molecule has 1 atom stereocenters. The molecular weight excluding hydrogens is 392 g/mol. The van der Waals surface area contributed by atoms with E-state index in [0.29, 0.717) is 24.2 Å². The Hall–Kier alpha value is -3.15. The van der Waals surface area contributed by atoms with Crippen LogP contribution in [0.15, 0.2) is 42.5 Å². The van der Waals surface area contributed by atoms with E-state index in [1.54, 1.807) is 29.2 Å². The number of carbonyl (C=O) groups excluding carboxylic acids is 3. The second-order valence-electron chi connectivity index (χ2n) is 8.27. The minimum absolute atomic E-state index is 0.00290. The molecule has 1 aliphatic carbocycles. The molecule has 0 spiro atoms. The first kappa shape index (κ1) is 21.1. The zero-order valence-corrected chi connectivity index (χ0v) is 17.9. The lowest BCUT2D eigenvalue weighted by molar-refractivity contribution is -0.125. The third-order valence-corrected chi connectivity index (χ3v) is 6.07. The predicted octanol–water partition coefficient (Wildman–Crippen LogP) is 3.73. The molecule has 2 aliphatic rings. The van der Waals surface area contributed by atoms with Gasteiger partial charge in [0.15, 0.2) is 6.61 Å². The summed E-state index contributed by atoms with van der Waals surface area (Å²) in [5.74, 6) is -0.961. The van der Waals surface area contributed by atoms with E-state index in [-0.39, 0.29) is 24.5 Å². The summed E-state index contributed by atoms with van der Waals surface area (Å²) in [7, 11) is 0. The molecule has 6 heteroatoms. The first-order valence-corrected chi connectivity index (χ1v) is 11.0. The van der Waals surface area contributed by atoms with Gasteiger partial charge in [0.05, 0.1) is 17.3 Å². The number of nitrogens with zero attached hydrogens (tertiary/aromatic N) is 1. The van der Waals surface area contributed by atoms with Crippen molar-refractivity contribution in [2.75, 3.05) is 18.1 Å². The Balaban J connectivity index is 1.35. The van der Waals surface area contributed by atoms with E-state index >= 15 is 0 Å². The van der Waals surface area contributed by atoms with Crippen LogP contribution in [-0.4, -0.2) is 30.9 Å². The molecule has 2 aromatic carbocycles. The lowest BCUT2D eigenvalue weighted by Crippen LogP contribution is -2.31. The van der Waals surface area contributed by atoms with Gasteiger partial charge in [-0.25, -0.2) is 4.79 Å². The van der Waals surface area contributed by atoms with Gasteiger partial charge in [-0.1, -0.05) is 30.3 Å². The maximum atomic E-state index is 12.6. The van der Waals surface area contributed by atoms with Crippen molar-refractivity contribution >= 4 is 23.5 Å². The van der Waals surface area contributed by atoms with Crippen LogP contribution in [0.25, 0.3) is 0 Å². The Morgan fingerprint density at radius 3 is 2.58 bits per heavy atom. The fourth-order valence-electron chi connectivity index (χ4n) is 4.38. The summed E-state index contributed by atoms with van der Waals surface area (Å²) in [4.78, 5) is 38.7. The van der Waals surface area contributed by atoms with E-state index in [4.69, 9.17) is 4.74 Å². The van der Waals surface area contributed by atoms with Crippen LogP contribution in [0.5, 0.6) is 0 Å². The first-order chi connectivity index (χ1) is 15.0. The van der Waals surface area contributed by atoms with Gasteiger partial charge < -0.3 is 15.0 Å². The number of esters is 1. The number of anilines is 1. The molecule has 0 unspecified atom stereocenters. The van der Waals surface area contributed by atoms with E-state index in [1.807, 2.05) is 6.92 Å². The molecular formula is C25H28N2O4. The summed E-state index contributed by atoms with van der Waals surface area (Å²) in [6.07, 6.45) is 5.89. The largest absolute Gasteiger partial charge is 0.452 e. The highest BCUT2D eigenvalue weighted by atomic mass is 16.5. The van der Waals surface area contributed by atoms with Gasteiger partial charge in [0.25, 0.3) is 5.91 Å². The predicted molar refractivity (Wildman–Crippen MR) is 118 cm³/mol. The minimum Gasteiger partial charge on any atom is -0.452 e. The van der Waals surface area contributed by atoms with Crippen LogP contribution >= 0.6 is 0 Å². The average molecular weight is 421 g/mol. The summed E-state index contributed by atoms with van der Waals surface area (Å²) in [6.45, 7) is 2.15. The van der Waals surface area contributed by atoms with E-state index in [2.05, 4.69) is 23.5 Å². The molecule has 6 nitrogen and oxygen atoms in total. The molecule has 162 valence electrons. The maximum Gasteiger partial charge on any atom is 0.340 e. The number of hydrogen-bond acceptors (Lipinski definition) is 4. The van der Waals surface area contributed by atoms with Gasteiger partial charge in [-0.2, -0.15) is 0 Å². The normalized spacial score (nSPS) is 16.5. The van der Waals surface area contributed by atoms with Gasteiger partial charge in [0, 0.05) is 13.0 Å². The molecule has 1 N–H and O–H groups in total. The van der Waals surface area contributed by atoms with Crippen LogP contribution in [0.3, 0.4) is 0 Å². The van der Waals surface area contributed by atoms with Gasteiger partial charge in [0.2, 0.25) is 5.91 Å². The third-order valence-electron chi connectivity index (χ3n) is 6.07. The van der Waals surface area contributed by atoms with Crippen molar-refractivity contribution in [2.45, 2.75) is 51.5 Å². The monoisotopic (exact) mass is 420 g/mol. The number of carbonyl (C=O) groups is 3. The molecule has 4 rings (SSSR count). The van der Waals surface area contributed by atoms with Crippen molar-refractivity contribution in [3.05, 3.63) is 64.7 Å².